The van der Waals surface area contributed by atoms with E-state index in [1.165, 1.54) is 6.33 Å². The number of aromatic nitrogens is 3. The molecule has 2 heterocycles. The van der Waals surface area contributed by atoms with Crippen molar-refractivity contribution in [1.82, 2.24) is 15.0 Å². The summed E-state index contributed by atoms with van der Waals surface area (Å²) in [5.74, 6) is 0. The molecule has 3 nitrogen and oxygen atoms in total. The van der Waals surface area contributed by atoms with Crippen molar-refractivity contribution in [2.45, 2.75) is 13.3 Å². The Labute approximate surface area is 116 Å². The molecule has 0 unspecified atom stereocenters. The zero-order valence-corrected chi connectivity index (χ0v) is 11.2. The summed E-state index contributed by atoms with van der Waals surface area (Å²) in [5, 5.41) is 1.64. The molecule has 0 aliphatic heterocycles. The fraction of sp³-hybridized carbons (Fsp3) is 0.133. The van der Waals surface area contributed by atoms with E-state index in [1.807, 2.05) is 37.3 Å². The van der Waals surface area contributed by atoms with Gasteiger partial charge in [0.1, 0.15) is 11.5 Å². The molecule has 0 radical (unpaired) electrons. The first-order valence-corrected chi connectivity index (χ1v) is 6.52. The SMILES string of the molecule is CCc1c(Cl)ncnc1-c1ccc2cccnc2c1. The smallest absolute Gasteiger partial charge is 0.136 e. The van der Waals surface area contributed by atoms with E-state index in [4.69, 9.17) is 11.6 Å². The van der Waals surface area contributed by atoms with Crippen LogP contribution in [0.5, 0.6) is 0 Å². The number of hydrogen-bond donors (Lipinski definition) is 0. The van der Waals surface area contributed by atoms with Crippen molar-refractivity contribution in [2.75, 3.05) is 0 Å². The monoisotopic (exact) mass is 269 g/mol. The highest BCUT2D eigenvalue weighted by Crippen LogP contribution is 2.27. The average Bonchev–Trinajstić information content (AvgIpc) is 2.46. The summed E-state index contributed by atoms with van der Waals surface area (Å²) in [4.78, 5) is 12.8. The maximum atomic E-state index is 6.13. The van der Waals surface area contributed by atoms with Crippen molar-refractivity contribution in [3.63, 3.8) is 0 Å². The first kappa shape index (κ1) is 12.1. The fourth-order valence-electron chi connectivity index (χ4n) is 2.17. The number of pyridine rings is 1. The predicted molar refractivity (Wildman–Crippen MR) is 77.2 cm³/mol. The minimum atomic E-state index is 0.522. The molecule has 0 amide bonds. The van der Waals surface area contributed by atoms with Gasteiger partial charge in [-0.05, 0) is 18.6 Å². The zero-order chi connectivity index (χ0) is 13.2. The van der Waals surface area contributed by atoms with Crippen molar-refractivity contribution in [3.05, 3.63) is 53.6 Å². The van der Waals surface area contributed by atoms with Crippen LogP contribution in [0, 0.1) is 0 Å². The molecule has 1 aromatic carbocycles. The van der Waals surface area contributed by atoms with E-state index in [9.17, 15) is 0 Å². The molecule has 0 bridgehead atoms. The highest BCUT2D eigenvalue weighted by Gasteiger charge is 2.10. The summed E-state index contributed by atoms with van der Waals surface area (Å²) < 4.78 is 0. The van der Waals surface area contributed by atoms with Gasteiger partial charge in [-0.3, -0.25) is 4.98 Å². The van der Waals surface area contributed by atoms with Gasteiger partial charge >= 0.3 is 0 Å². The quantitative estimate of drug-likeness (QED) is 0.662. The van der Waals surface area contributed by atoms with Gasteiger partial charge in [0.2, 0.25) is 0 Å². The lowest BCUT2D eigenvalue weighted by Gasteiger charge is -2.08. The second kappa shape index (κ2) is 4.94. The molecule has 3 aromatic rings. The third-order valence-corrected chi connectivity index (χ3v) is 3.45. The van der Waals surface area contributed by atoms with Crippen LogP contribution in [-0.4, -0.2) is 15.0 Å². The Bertz CT molecular complexity index is 740. The second-order valence-corrected chi connectivity index (χ2v) is 4.61. The van der Waals surface area contributed by atoms with Gasteiger partial charge in [0, 0.05) is 22.7 Å². The highest BCUT2D eigenvalue weighted by molar-refractivity contribution is 6.30. The van der Waals surface area contributed by atoms with Crippen LogP contribution in [0.15, 0.2) is 42.9 Å². The summed E-state index contributed by atoms with van der Waals surface area (Å²) in [6.07, 6.45) is 4.09. The lowest BCUT2D eigenvalue weighted by atomic mass is 10.0. The van der Waals surface area contributed by atoms with Crippen molar-refractivity contribution in [2.24, 2.45) is 0 Å². The zero-order valence-electron chi connectivity index (χ0n) is 10.5. The molecule has 0 spiro atoms. The van der Waals surface area contributed by atoms with E-state index in [1.54, 1.807) is 6.20 Å². The van der Waals surface area contributed by atoms with Gasteiger partial charge in [-0.1, -0.05) is 36.7 Å². The lowest BCUT2D eigenvalue weighted by molar-refractivity contribution is 1.05. The number of rotatable bonds is 2. The summed E-state index contributed by atoms with van der Waals surface area (Å²) in [6, 6.07) is 10.1. The van der Waals surface area contributed by atoms with Crippen molar-refractivity contribution in [1.29, 1.82) is 0 Å². The van der Waals surface area contributed by atoms with Crippen LogP contribution >= 0.6 is 11.6 Å². The van der Waals surface area contributed by atoms with E-state index >= 15 is 0 Å². The molecule has 0 fully saturated rings. The largest absolute Gasteiger partial charge is 0.256 e. The van der Waals surface area contributed by atoms with Crippen LogP contribution in [-0.2, 0) is 6.42 Å². The Kier molecular flexibility index (Phi) is 3.13. The third-order valence-electron chi connectivity index (χ3n) is 3.13. The van der Waals surface area contributed by atoms with Crippen LogP contribution in [0.4, 0.5) is 0 Å². The Balaban J connectivity index is 2.22. The predicted octanol–water partition coefficient (Wildman–Crippen LogP) is 3.91. The van der Waals surface area contributed by atoms with Crippen molar-refractivity contribution >= 4 is 22.5 Å². The van der Waals surface area contributed by atoms with Crippen LogP contribution in [0.1, 0.15) is 12.5 Å². The average molecular weight is 270 g/mol. The summed E-state index contributed by atoms with van der Waals surface area (Å²) >= 11 is 6.13. The Morgan fingerprint density at radius 2 is 2.00 bits per heavy atom. The van der Waals surface area contributed by atoms with Crippen LogP contribution < -0.4 is 0 Å². The van der Waals surface area contributed by atoms with Gasteiger partial charge in [-0.2, -0.15) is 0 Å². The Hall–Kier alpha value is -2.00. The molecule has 0 aliphatic carbocycles. The van der Waals surface area contributed by atoms with Gasteiger partial charge in [0.05, 0.1) is 11.2 Å². The summed E-state index contributed by atoms with van der Waals surface area (Å²) in [7, 11) is 0. The lowest BCUT2D eigenvalue weighted by Crippen LogP contribution is -1.95. The number of fused-ring (bicyclic) bond motifs is 1. The third kappa shape index (κ3) is 2.17. The van der Waals surface area contributed by atoms with E-state index in [2.05, 4.69) is 15.0 Å². The molecule has 0 saturated heterocycles. The van der Waals surface area contributed by atoms with Crippen LogP contribution in [0.3, 0.4) is 0 Å². The van der Waals surface area contributed by atoms with Gasteiger partial charge in [0.25, 0.3) is 0 Å². The van der Waals surface area contributed by atoms with Crippen LogP contribution in [0.25, 0.3) is 22.2 Å². The molecule has 0 N–H and O–H groups in total. The summed E-state index contributed by atoms with van der Waals surface area (Å²) in [5.41, 5.74) is 3.83. The van der Waals surface area contributed by atoms with Gasteiger partial charge < -0.3 is 0 Å². The minimum absolute atomic E-state index is 0.522. The molecule has 0 aliphatic rings. The normalized spacial score (nSPS) is 10.8. The van der Waals surface area contributed by atoms with Gasteiger partial charge in [-0.15, -0.1) is 0 Å². The molecule has 4 heteroatoms. The first-order chi connectivity index (χ1) is 9.29. The van der Waals surface area contributed by atoms with Gasteiger partial charge in [-0.25, -0.2) is 9.97 Å². The van der Waals surface area contributed by atoms with Crippen molar-refractivity contribution < 1.29 is 0 Å². The molecule has 3 rings (SSSR count). The topological polar surface area (TPSA) is 38.7 Å². The van der Waals surface area contributed by atoms with Gasteiger partial charge in [0.15, 0.2) is 0 Å². The second-order valence-electron chi connectivity index (χ2n) is 4.26. The van der Waals surface area contributed by atoms with Crippen molar-refractivity contribution in [3.8, 4) is 11.3 Å². The molecule has 0 saturated carbocycles. The highest BCUT2D eigenvalue weighted by atomic mass is 35.5. The van der Waals surface area contributed by atoms with E-state index < -0.39 is 0 Å². The van der Waals surface area contributed by atoms with E-state index in [0.717, 1.165) is 34.1 Å². The molecular formula is C15H12ClN3. The number of hydrogen-bond acceptors (Lipinski definition) is 3. The van der Waals surface area contributed by atoms with E-state index in [-0.39, 0.29) is 0 Å². The Morgan fingerprint density at radius 3 is 2.84 bits per heavy atom. The van der Waals surface area contributed by atoms with Crippen LogP contribution in [0.2, 0.25) is 5.15 Å². The molecule has 94 valence electrons. The van der Waals surface area contributed by atoms with E-state index in [0.29, 0.717) is 5.15 Å². The number of halogens is 1. The first-order valence-electron chi connectivity index (χ1n) is 6.14. The fourth-order valence-corrected chi connectivity index (χ4v) is 2.43. The Morgan fingerprint density at radius 1 is 1.11 bits per heavy atom. The summed E-state index contributed by atoms with van der Waals surface area (Å²) in [6.45, 7) is 2.05. The molecular weight excluding hydrogens is 258 g/mol. The maximum absolute atomic E-state index is 6.13. The molecule has 19 heavy (non-hydrogen) atoms. The molecule has 2 aromatic heterocycles. The standard InChI is InChI=1S/C15H12ClN3/c1-2-12-14(18-9-19-15(12)16)11-6-5-10-4-3-7-17-13(10)8-11/h3-9H,2H2,1H3. The number of nitrogens with zero attached hydrogens (tertiary/aromatic N) is 3. The maximum Gasteiger partial charge on any atom is 0.136 e. The number of benzene rings is 1. The molecule has 0 atom stereocenters. The minimum Gasteiger partial charge on any atom is -0.256 e.